The maximum Gasteiger partial charge on any atom is 0.251 e. The van der Waals surface area contributed by atoms with Crippen LogP contribution in [0, 0.1) is 0 Å². The van der Waals surface area contributed by atoms with Crippen molar-refractivity contribution in [2.75, 3.05) is 27.3 Å². The molecule has 0 aliphatic heterocycles. The standard InChI is InChI=1S/C17H28N4O2/c1-5-9-19-16(22)15-8-6-7-14(10-15)11-20-17(18-3)21-13(2)12-23-4/h6-8,10,13H,5,9,11-12H2,1-4H3,(H,19,22)(H2,18,20,21). The normalized spacial score (nSPS) is 12.6. The lowest BCUT2D eigenvalue weighted by molar-refractivity contribution is 0.0953. The number of carbonyl (C=O) groups excluding carboxylic acids is 1. The van der Waals surface area contributed by atoms with Gasteiger partial charge in [0.25, 0.3) is 5.91 Å². The van der Waals surface area contributed by atoms with Crippen molar-refractivity contribution in [3.05, 3.63) is 35.4 Å². The first-order valence-electron chi connectivity index (χ1n) is 7.94. The van der Waals surface area contributed by atoms with Crippen molar-refractivity contribution in [1.82, 2.24) is 16.0 Å². The van der Waals surface area contributed by atoms with Gasteiger partial charge in [0.15, 0.2) is 5.96 Å². The second-order valence-corrected chi connectivity index (χ2v) is 5.38. The van der Waals surface area contributed by atoms with E-state index in [1.165, 1.54) is 0 Å². The van der Waals surface area contributed by atoms with Gasteiger partial charge in [-0.2, -0.15) is 0 Å². The molecule has 0 saturated carbocycles. The van der Waals surface area contributed by atoms with E-state index in [0.29, 0.717) is 31.2 Å². The molecule has 6 nitrogen and oxygen atoms in total. The maximum atomic E-state index is 12.0. The number of hydrogen-bond acceptors (Lipinski definition) is 3. The molecule has 1 rings (SSSR count). The molecule has 128 valence electrons. The number of hydrogen-bond donors (Lipinski definition) is 3. The Morgan fingerprint density at radius 3 is 2.78 bits per heavy atom. The highest BCUT2D eigenvalue weighted by Gasteiger charge is 2.07. The van der Waals surface area contributed by atoms with Crippen molar-refractivity contribution in [3.8, 4) is 0 Å². The van der Waals surface area contributed by atoms with Crippen molar-refractivity contribution in [3.63, 3.8) is 0 Å². The highest BCUT2D eigenvalue weighted by atomic mass is 16.5. The van der Waals surface area contributed by atoms with Gasteiger partial charge in [-0.1, -0.05) is 19.1 Å². The molecule has 0 bridgehead atoms. The van der Waals surface area contributed by atoms with E-state index in [9.17, 15) is 4.79 Å². The minimum atomic E-state index is -0.0371. The van der Waals surface area contributed by atoms with Gasteiger partial charge in [-0.25, -0.2) is 0 Å². The summed E-state index contributed by atoms with van der Waals surface area (Å²) in [5.74, 6) is 0.667. The Morgan fingerprint density at radius 1 is 1.35 bits per heavy atom. The second kappa shape index (κ2) is 10.6. The van der Waals surface area contributed by atoms with Crippen LogP contribution in [0.15, 0.2) is 29.3 Å². The molecule has 1 atom stereocenters. The molecule has 1 aromatic carbocycles. The molecule has 1 unspecified atom stereocenters. The molecule has 3 N–H and O–H groups in total. The Bertz CT molecular complexity index is 517. The summed E-state index contributed by atoms with van der Waals surface area (Å²) in [6, 6.07) is 7.75. The Kier molecular flexibility index (Phi) is 8.75. The molecule has 1 amide bonds. The predicted molar refractivity (Wildman–Crippen MR) is 93.7 cm³/mol. The Hall–Kier alpha value is -2.08. The monoisotopic (exact) mass is 320 g/mol. The first-order chi connectivity index (χ1) is 11.1. The average molecular weight is 320 g/mol. The molecule has 0 aliphatic carbocycles. The number of ether oxygens (including phenoxy) is 1. The number of guanidine groups is 1. The summed E-state index contributed by atoms with van der Waals surface area (Å²) in [4.78, 5) is 16.2. The minimum Gasteiger partial charge on any atom is -0.383 e. The maximum absolute atomic E-state index is 12.0. The first-order valence-corrected chi connectivity index (χ1v) is 7.94. The average Bonchev–Trinajstić information content (AvgIpc) is 2.56. The Morgan fingerprint density at radius 2 is 2.13 bits per heavy atom. The van der Waals surface area contributed by atoms with Crippen LogP contribution in [0.25, 0.3) is 0 Å². The molecule has 23 heavy (non-hydrogen) atoms. The van der Waals surface area contributed by atoms with E-state index in [1.54, 1.807) is 14.2 Å². The minimum absolute atomic E-state index is 0.0371. The number of aliphatic imine (C=N–C) groups is 1. The van der Waals surface area contributed by atoms with Crippen LogP contribution < -0.4 is 16.0 Å². The number of nitrogens with one attached hydrogen (secondary N) is 3. The van der Waals surface area contributed by atoms with E-state index in [-0.39, 0.29) is 11.9 Å². The molecule has 1 aromatic rings. The number of rotatable bonds is 8. The van der Waals surface area contributed by atoms with Crippen molar-refractivity contribution in [2.24, 2.45) is 4.99 Å². The molecule has 0 aromatic heterocycles. The van der Waals surface area contributed by atoms with Crippen LogP contribution in [0.1, 0.15) is 36.2 Å². The van der Waals surface area contributed by atoms with Gasteiger partial charge in [0, 0.05) is 38.9 Å². The van der Waals surface area contributed by atoms with E-state index < -0.39 is 0 Å². The van der Waals surface area contributed by atoms with Crippen LogP contribution in [0.4, 0.5) is 0 Å². The van der Waals surface area contributed by atoms with E-state index in [2.05, 4.69) is 20.9 Å². The van der Waals surface area contributed by atoms with Gasteiger partial charge in [0.05, 0.1) is 6.61 Å². The molecular formula is C17H28N4O2. The van der Waals surface area contributed by atoms with Gasteiger partial charge < -0.3 is 20.7 Å². The summed E-state index contributed by atoms with van der Waals surface area (Å²) in [7, 11) is 3.40. The van der Waals surface area contributed by atoms with E-state index in [1.807, 2.05) is 38.1 Å². The smallest absolute Gasteiger partial charge is 0.251 e. The van der Waals surface area contributed by atoms with Gasteiger partial charge in [0.2, 0.25) is 0 Å². The number of amides is 1. The lowest BCUT2D eigenvalue weighted by Crippen LogP contribution is -2.43. The van der Waals surface area contributed by atoms with Gasteiger partial charge in [-0.3, -0.25) is 9.79 Å². The van der Waals surface area contributed by atoms with Crippen molar-refractivity contribution in [2.45, 2.75) is 32.9 Å². The van der Waals surface area contributed by atoms with Gasteiger partial charge in [-0.15, -0.1) is 0 Å². The highest BCUT2D eigenvalue weighted by molar-refractivity contribution is 5.94. The Labute approximate surface area is 138 Å². The van der Waals surface area contributed by atoms with Gasteiger partial charge in [0.1, 0.15) is 0 Å². The fraction of sp³-hybridized carbons (Fsp3) is 0.529. The fourth-order valence-corrected chi connectivity index (χ4v) is 2.07. The quantitative estimate of drug-likeness (QED) is 0.501. The first kappa shape index (κ1) is 19.0. The topological polar surface area (TPSA) is 74.8 Å². The van der Waals surface area contributed by atoms with Gasteiger partial charge in [-0.05, 0) is 31.0 Å². The van der Waals surface area contributed by atoms with E-state index in [0.717, 1.165) is 12.0 Å². The molecule has 0 aliphatic rings. The third kappa shape index (κ3) is 7.15. The third-order valence-electron chi connectivity index (χ3n) is 3.21. The molecule has 6 heteroatoms. The van der Waals surface area contributed by atoms with Crippen LogP contribution in [0.3, 0.4) is 0 Å². The van der Waals surface area contributed by atoms with E-state index in [4.69, 9.17) is 4.74 Å². The summed E-state index contributed by atoms with van der Waals surface area (Å²) in [5.41, 5.74) is 1.70. The zero-order valence-electron chi connectivity index (χ0n) is 14.5. The molecular weight excluding hydrogens is 292 g/mol. The third-order valence-corrected chi connectivity index (χ3v) is 3.21. The lowest BCUT2D eigenvalue weighted by Gasteiger charge is -2.17. The summed E-state index contributed by atoms with van der Waals surface area (Å²) in [6.07, 6.45) is 0.925. The zero-order valence-corrected chi connectivity index (χ0v) is 14.5. The van der Waals surface area contributed by atoms with Crippen molar-refractivity contribution < 1.29 is 9.53 Å². The number of benzene rings is 1. The lowest BCUT2D eigenvalue weighted by atomic mass is 10.1. The summed E-state index contributed by atoms with van der Waals surface area (Å²) < 4.78 is 5.10. The number of carbonyl (C=O) groups is 1. The van der Waals surface area contributed by atoms with Crippen LogP contribution in [-0.4, -0.2) is 45.2 Å². The van der Waals surface area contributed by atoms with Crippen LogP contribution in [0.2, 0.25) is 0 Å². The zero-order chi connectivity index (χ0) is 17.1. The summed E-state index contributed by atoms with van der Waals surface area (Å²) in [5, 5.41) is 9.36. The largest absolute Gasteiger partial charge is 0.383 e. The van der Waals surface area contributed by atoms with Crippen LogP contribution >= 0.6 is 0 Å². The van der Waals surface area contributed by atoms with Crippen LogP contribution in [0.5, 0.6) is 0 Å². The molecule has 0 heterocycles. The van der Waals surface area contributed by atoms with Crippen molar-refractivity contribution in [1.29, 1.82) is 0 Å². The molecule has 0 spiro atoms. The van der Waals surface area contributed by atoms with Crippen LogP contribution in [-0.2, 0) is 11.3 Å². The molecule has 0 fully saturated rings. The molecule has 0 saturated heterocycles. The highest BCUT2D eigenvalue weighted by Crippen LogP contribution is 2.05. The van der Waals surface area contributed by atoms with Crippen molar-refractivity contribution >= 4 is 11.9 Å². The SMILES string of the molecule is CCCNC(=O)c1cccc(CNC(=NC)NC(C)COC)c1. The van der Waals surface area contributed by atoms with E-state index >= 15 is 0 Å². The summed E-state index contributed by atoms with van der Waals surface area (Å²) in [6.45, 7) is 5.94. The van der Waals surface area contributed by atoms with Gasteiger partial charge >= 0.3 is 0 Å². The second-order valence-electron chi connectivity index (χ2n) is 5.38. The summed E-state index contributed by atoms with van der Waals surface area (Å²) >= 11 is 0. The fourth-order valence-electron chi connectivity index (χ4n) is 2.07. The number of methoxy groups -OCH3 is 1. The number of nitrogens with zero attached hydrogens (tertiary/aromatic N) is 1. The predicted octanol–water partition coefficient (Wildman–Crippen LogP) is 1.53. The molecule has 0 radical (unpaired) electrons. The Balaban J connectivity index is 2.58.